The summed E-state index contributed by atoms with van der Waals surface area (Å²) in [6, 6.07) is 7.75. The molecular formula is C15H24N2O2. The van der Waals surface area contributed by atoms with Gasteiger partial charge in [-0.15, -0.1) is 0 Å². The molecule has 0 unspecified atom stereocenters. The van der Waals surface area contributed by atoms with Crippen LogP contribution in [0, 0.1) is 10.8 Å². The van der Waals surface area contributed by atoms with Crippen molar-refractivity contribution in [2.45, 2.75) is 33.1 Å². The van der Waals surface area contributed by atoms with Gasteiger partial charge in [0.2, 0.25) is 0 Å². The molecule has 106 valence electrons. The number of aliphatic hydroxyl groups is 1. The van der Waals surface area contributed by atoms with E-state index >= 15 is 0 Å². The fourth-order valence-corrected chi connectivity index (χ4v) is 1.80. The summed E-state index contributed by atoms with van der Waals surface area (Å²) in [5.41, 5.74) is 6.30. The zero-order valence-electron chi connectivity index (χ0n) is 11.8. The maximum atomic E-state index is 8.99. The van der Waals surface area contributed by atoms with Crippen LogP contribution in [-0.4, -0.2) is 24.2 Å². The van der Waals surface area contributed by atoms with Crippen LogP contribution in [0.4, 0.5) is 0 Å². The van der Waals surface area contributed by atoms with Crippen molar-refractivity contribution in [2.75, 3.05) is 13.2 Å². The topological polar surface area (TPSA) is 79.3 Å². The van der Waals surface area contributed by atoms with Crippen molar-refractivity contribution in [2.24, 2.45) is 11.1 Å². The number of rotatable bonds is 8. The molecule has 1 aromatic carbocycles. The molecule has 0 spiro atoms. The van der Waals surface area contributed by atoms with E-state index in [1.165, 1.54) is 0 Å². The summed E-state index contributed by atoms with van der Waals surface area (Å²) in [5.74, 6) is 1.05. The van der Waals surface area contributed by atoms with Crippen LogP contribution < -0.4 is 10.5 Å². The largest absolute Gasteiger partial charge is 0.493 e. The first kappa shape index (κ1) is 15.5. The second kappa shape index (κ2) is 7.14. The highest BCUT2D eigenvalue weighted by Gasteiger charge is 2.20. The van der Waals surface area contributed by atoms with E-state index in [1.54, 1.807) is 0 Å². The summed E-state index contributed by atoms with van der Waals surface area (Å²) in [6.07, 6.45) is 2.28. The van der Waals surface area contributed by atoms with Crippen molar-refractivity contribution in [3.8, 4) is 5.75 Å². The van der Waals surface area contributed by atoms with Crippen molar-refractivity contribution >= 4 is 5.84 Å². The number of benzene rings is 1. The second-order valence-electron chi connectivity index (χ2n) is 5.33. The summed E-state index contributed by atoms with van der Waals surface area (Å²) in [4.78, 5) is 0. The van der Waals surface area contributed by atoms with E-state index in [9.17, 15) is 0 Å². The van der Waals surface area contributed by atoms with Gasteiger partial charge < -0.3 is 15.6 Å². The standard InChI is InChI=1S/C15H24N2O2/c1-15(2,14(16)17)9-5-11-19-13-7-4-3-6-12(13)8-10-18/h3-4,6-7,18H,5,8-11H2,1-2H3,(H3,16,17). The summed E-state index contributed by atoms with van der Waals surface area (Å²) in [5, 5.41) is 16.5. The quantitative estimate of drug-likeness (QED) is 0.383. The van der Waals surface area contributed by atoms with Gasteiger partial charge in [-0.1, -0.05) is 32.0 Å². The lowest BCUT2D eigenvalue weighted by atomic mass is 9.87. The van der Waals surface area contributed by atoms with Gasteiger partial charge in [-0.2, -0.15) is 0 Å². The summed E-state index contributed by atoms with van der Waals surface area (Å²) in [7, 11) is 0. The number of nitrogens with two attached hydrogens (primary N) is 1. The van der Waals surface area contributed by atoms with Gasteiger partial charge in [-0.25, -0.2) is 0 Å². The predicted octanol–water partition coefficient (Wildman–Crippen LogP) is 2.34. The van der Waals surface area contributed by atoms with Gasteiger partial charge in [0.05, 0.1) is 12.4 Å². The van der Waals surface area contributed by atoms with Crippen LogP contribution in [0.5, 0.6) is 5.75 Å². The van der Waals surface area contributed by atoms with Gasteiger partial charge in [-0.3, -0.25) is 5.41 Å². The van der Waals surface area contributed by atoms with Crippen LogP contribution in [0.3, 0.4) is 0 Å². The number of hydrogen-bond acceptors (Lipinski definition) is 3. The lowest BCUT2D eigenvalue weighted by Gasteiger charge is -2.22. The zero-order chi connectivity index (χ0) is 14.3. The lowest BCUT2D eigenvalue weighted by molar-refractivity contribution is 0.275. The highest BCUT2D eigenvalue weighted by molar-refractivity contribution is 5.82. The molecule has 0 amide bonds. The SMILES string of the molecule is CC(C)(CCCOc1ccccc1CCO)C(=N)N. The Hall–Kier alpha value is -1.55. The Morgan fingerprint density at radius 1 is 1.37 bits per heavy atom. The van der Waals surface area contributed by atoms with E-state index in [0.29, 0.717) is 13.0 Å². The van der Waals surface area contributed by atoms with Crippen molar-refractivity contribution in [3.05, 3.63) is 29.8 Å². The van der Waals surface area contributed by atoms with Crippen LogP contribution >= 0.6 is 0 Å². The van der Waals surface area contributed by atoms with E-state index in [0.717, 1.165) is 24.2 Å². The van der Waals surface area contributed by atoms with Crippen LogP contribution in [0.25, 0.3) is 0 Å². The molecule has 0 aliphatic rings. The predicted molar refractivity (Wildman–Crippen MR) is 77.7 cm³/mol. The van der Waals surface area contributed by atoms with Gasteiger partial charge in [0.15, 0.2) is 0 Å². The Morgan fingerprint density at radius 3 is 2.68 bits per heavy atom. The van der Waals surface area contributed by atoms with E-state index in [-0.39, 0.29) is 17.9 Å². The Morgan fingerprint density at radius 2 is 2.05 bits per heavy atom. The molecule has 0 atom stereocenters. The molecule has 0 fully saturated rings. The Kier molecular flexibility index (Phi) is 5.83. The first-order chi connectivity index (χ1) is 8.97. The molecule has 1 rings (SSSR count). The maximum absolute atomic E-state index is 8.99. The Labute approximate surface area is 115 Å². The first-order valence-electron chi connectivity index (χ1n) is 6.63. The molecule has 0 radical (unpaired) electrons. The molecule has 4 heteroatoms. The molecule has 0 aliphatic carbocycles. The molecule has 4 nitrogen and oxygen atoms in total. The molecular weight excluding hydrogens is 240 g/mol. The van der Waals surface area contributed by atoms with Crippen molar-refractivity contribution in [3.63, 3.8) is 0 Å². The van der Waals surface area contributed by atoms with E-state index < -0.39 is 0 Å². The first-order valence-corrected chi connectivity index (χ1v) is 6.63. The van der Waals surface area contributed by atoms with E-state index in [2.05, 4.69) is 0 Å². The number of nitrogens with one attached hydrogen (secondary N) is 1. The highest BCUT2D eigenvalue weighted by atomic mass is 16.5. The molecule has 19 heavy (non-hydrogen) atoms. The number of ether oxygens (including phenoxy) is 1. The third-order valence-electron chi connectivity index (χ3n) is 3.29. The Balaban J connectivity index is 2.43. The molecule has 1 aromatic rings. The summed E-state index contributed by atoms with van der Waals surface area (Å²) >= 11 is 0. The fourth-order valence-electron chi connectivity index (χ4n) is 1.80. The van der Waals surface area contributed by atoms with Crippen molar-refractivity contribution < 1.29 is 9.84 Å². The smallest absolute Gasteiger partial charge is 0.122 e. The molecule has 0 saturated carbocycles. The average molecular weight is 264 g/mol. The van der Waals surface area contributed by atoms with Crippen molar-refractivity contribution in [1.29, 1.82) is 5.41 Å². The molecule has 0 aromatic heterocycles. The van der Waals surface area contributed by atoms with Crippen LogP contribution in [0.2, 0.25) is 0 Å². The normalized spacial score (nSPS) is 11.3. The minimum atomic E-state index is -0.270. The van der Waals surface area contributed by atoms with E-state index in [1.807, 2.05) is 38.1 Å². The highest BCUT2D eigenvalue weighted by Crippen LogP contribution is 2.23. The van der Waals surface area contributed by atoms with Gasteiger partial charge in [-0.05, 0) is 30.9 Å². The maximum Gasteiger partial charge on any atom is 0.122 e. The van der Waals surface area contributed by atoms with E-state index in [4.69, 9.17) is 21.0 Å². The van der Waals surface area contributed by atoms with Crippen LogP contribution in [0.1, 0.15) is 32.3 Å². The van der Waals surface area contributed by atoms with Gasteiger partial charge in [0, 0.05) is 12.0 Å². The monoisotopic (exact) mass is 264 g/mol. The van der Waals surface area contributed by atoms with Crippen molar-refractivity contribution in [1.82, 2.24) is 0 Å². The van der Waals surface area contributed by atoms with Gasteiger partial charge in [0.25, 0.3) is 0 Å². The van der Waals surface area contributed by atoms with Crippen LogP contribution in [0.15, 0.2) is 24.3 Å². The Bertz CT molecular complexity index is 416. The van der Waals surface area contributed by atoms with Gasteiger partial charge in [0.1, 0.15) is 5.75 Å². The minimum absolute atomic E-state index is 0.123. The summed E-state index contributed by atoms with van der Waals surface area (Å²) in [6.45, 7) is 4.65. The third-order valence-corrected chi connectivity index (χ3v) is 3.29. The molecule has 0 heterocycles. The molecule has 4 N–H and O–H groups in total. The van der Waals surface area contributed by atoms with Crippen LogP contribution in [-0.2, 0) is 6.42 Å². The second-order valence-corrected chi connectivity index (χ2v) is 5.33. The number of aliphatic hydroxyl groups excluding tert-OH is 1. The third kappa shape index (κ3) is 4.91. The lowest BCUT2D eigenvalue weighted by Crippen LogP contribution is -2.31. The molecule has 0 bridgehead atoms. The number of amidine groups is 1. The number of hydrogen-bond donors (Lipinski definition) is 3. The number of para-hydroxylation sites is 1. The average Bonchev–Trinajstić information content (AvgIpc) is 2.36. The van der Waals surface area contributed by atoms with Gasteiger partial charge >= 0.3 is 0 Å². The molecule has 0 saturated heterocycles. The zero-order valence-corrected chi connectivity index (χ0v) is 11.8. The summed E-state index contributed by atoms with van der Waals surface area (Å²) < 4.78 is 5.74. The fraction of sp³-hybridized carbons (Fsp3) is 0.533. The molecule has 0 aliphatic heterocycles. The minimum Gasteiger partial charge on any atom is -0.493 e.